The van der Waals surface area contributed by atoms with Gasteiger partial charge in [-0.3, -0.25) is 4.79 Å². The van der Waals surface area contributed by atoms with Gasteiger partial charge in [0.05, 0.1) is 12.7 Å². The third kappa shape index (κ3) is 8.54. The van der Waals surface area contributed by atoms with Crippen LogP contribution in [0.25, 0.3) is 0 Å². The van der Waals surface area contributed by atoms with Crippen molar-refractivity contribution in [1.82, 2.24) is 16.0 Å². The van der Waals surface area contributed by atoms with Crippen LogP contribution in [-0.2, 0) is 14.3 Å². The molecule has 3 N–H and O–H groups in total. The molecule has 7 nitrogen and oxygen atoms in total. The monoisotopic (exact) mass is 356 g/mol. The maximum Gasteiger partial charge on any atom is 0.241 e. The first-order valence-corrected chi connectivity index (χ1v) is 9.28. The van der Waals surface area contributed by atoms with Crippen molar-refractivity contribution in [2.24, 2.45) is 16.3 Å². The average Bonchev–Trinajstić information content (AvgIpc) is 2.57. The Kier molecular flexibility index (Phi) is 9.82. The second-order valence-corrected chi connectivity index (χ2v) is 7.48. The summed E-state index contributed by atoms with van der Waals surface area (Å²) in [6.45, 7) is 12.2. The summed E-state index contributed by atoms with van der Waals surface area (Å²) >= 11 is 0. The number of rotatable bonds is 8. The van der Waals surface area contributed by atoms with E-state index in [-0.39, 0.29) is 24.0 Å². The zero-order valence-corrected chi connectivity index (χ0v) is 16.5. The Morgan fingerprint density at radius 3 is 2.68 bits per heavy atom. The summed E-state index contributed by atoms with van der Waals surface area (Å²) in [6.07, 6.45) is 2.47. The van der Waals surface area contributed by atoms with Crippen molar-refractivity contribution in [1.29, 1.82) is 0 Å². The molecule has 1 saturated heterocycles. The fraction of sp³-hybridized carbons (Fsp3) is 0.889. The summed E-state index contributed by atoms with van der Waals surface area (Å²) in [6, 6.07) is 0. The van der Waals surface area contributed by atoms with Gasteiger partial charge in [0.15, 0.2) is 5.96 Å². The Labute approximate surface area is 152 Å². The Hall–Kier alpha value is -1.34. The molecule has 1 heterocycles. The molecule has 0 aromatic carbocycles. The fourth-order valence-corrected chi connectivity index (χ4v) is 3.08. The van der Waals surface area contributed by atoms with Crippen LogP contribution >= 0.6 is 0 Å². The molecule has 1 aliphatic heterocycles. The van der Waals surface area contributed by atoms with Crippen LogP contribution in [0, 0.1) is 11.3 Å². The molecular formula is C18H36N4O3. The third-order valence-corrected chi connectivity index (χ3v) is 4.18. The lowest BCUT2D eigenvalue weighted by Gasteiger charge is -2.40. The minimum absolute atomic E-state index is 0.100. The first-order valence-electron chi connectivity index (χ1n) is 9.28. The van der Waals surface area contributed by atoms with Crippen LogP contribution in [0.2, 0.25) is 0 Å². The van der Waals surface area contributed by atoms with Crippen molar-refractivity contribution in [3.8, 4) is 0 Å². The molecule has 0 aliphatic carbocycles. The standard InChI is InChI=1S/C18H36N4O3/c1-6-19-17(22-13-15(23)20-9-11-24-5)21-12-14-8-7-10-25-16(14)18(2,3)4/h14,16H,6-13H2,1-5H3,(H,20,23)(H2,19,21,22). The third-order valence-electron chi connectivity index (χ3n) is 4.18. The first kappa shape index (κ1) is 21.7. The topological polar surface area (TPSA) is 84.0 Å². The van der Waals surface area contributed by atoms with Gasteiger partial charge in [0.1, 0.15) is 6.54 Å². The number of amides is 1. The molecule has 146 valence electrons. The van der Waals surface area contributed by atoms with Crippen molar-refractivity contribution in [3.63, 3.8) is 0 Å². The van der Waals surface area contributed by atoms with Crippen LogP contribution < -0.4 is 16.0 Å². The summed E-state index contributed by atoms with van der Waals surface area (Å²) in [5.74, 6) is 0.999. The molecule has 0 bridgehead atoms. The number of methoxy groups -OCH3 is 1. The highest BCUT2D eigenvalue weighted by molar-refractivity contribution is 5.84. The lowest BCUT2D eigenvalue weighted by atomic mass is 9.78. The Balaban J connectivity index is 2.53. The molecule has 0 aromatic rings. The van der Waals surface area contributed by atoms with Gasteiger partial charge in [-0.1, -0.05) is 20.8 Å². The van der Waals surface area contributed by atoms with Crippen molar-refractivity contribution < 1.29 is 14.3 Å². The maximum absolute atomic E-state index is 11.8. The number of ether oxygens (including phenoxy) is 2. The minimum Gasteiger partial charge on any atom is -0.383 e. The largest absolute Gasteiger partial charge is 0.383 e. The van der Waals surface area contributed by atoms with E-state index in [0.29, 0.717) is 25.0 Å². The van der Waals surface area contributed by atoms with Crippen LogP contribution in [0.3, 0.4) is 0 Å². The maximum atomic E-state index is 11.8. The van der Waals surface area contributed by atoms with Gasteiger partial charge in [-0.05, 0) is 25.2 Å². The summed E-state index contributed by atoms with van der Waals surface area (Å²) < 4.78 is 10.9. The highest BCUT2D eigenvalue weighted by atomic mass is 16.5. The number of hydrogen-bond donors (Lipinski definition) is 3. The molecule has 0 spiro atoms. The van der Waals surface area contributed by atoms with Crippen LogP contribution in [0.15, 0.2) is 4.99 Å². The highest BCUT2D eigenvalue weighted by Gasteiger charge is 2.35. The average molecular weight is 357 g/mol. The second kappa shape index (κ2) is 11.3. The van der Waals surface area contributed by atoms with Crippen molar-refractivity contribution >= 4 is 11.9 Å². The molecule has 0 aromatic heterocycles. The van der Waals surface area contributed by atoms with Crippen molar-refractivity contribution in [3.05, 3.63) is 0 Å². The number of guanidine groups is 1. The number of nitrogens with zero attached hydrogens (tertiary/aromatic N) is 1. The summed E-state index contributed by atoms with van der Waals surface area (Å²) in [5, 5.41) is 9.33. The molecule has 25 heavy (non-hydrogen) atoms. The van der Waals surface area contributed by atoms with Crippen LogP contribution in [-0.4, -0.2) is 64.5 Å². The molecule has 0 saturated carbocycles. The Bertz CT molecular complexity index is 421. The fourth-order valence-electron chi connectivity index (χ4n) is 3.08. The van der Waals surface area contributed by atoms with Gasteiger partial charge in [-0.15, -0.1) is 0 Å². The first-order chi connectivity index (χ1) is 11.9. The zero-order chi connectivity index (χ0) is 18.7. The molecule has 7 heteroatoms. The van der Waals surface area contributed by atoms with Crippen molar-refractivity contribution in [2.45, 2.75) is 46.6 Å². The van der Waals surface area contributed by atoms with Gasteiger partial charge >= 0.3 is 0 Å². The van der Waals surface area contributed by atoms with E-state index in [1.807, 2.05) is 6.92 Å². The molecule has 1 fully saturated rings. The van der Waals surface area contributed by atoms with E-state index in [9.17, 15) is 4.79 Å². The molecule has 0 radical (unpaired) electrons. The zero-order valence-electron chi connectivity index (χ0n) is 16.5. The SMILES string of the molecule is CCNC(=NCC(=O)NCCOC)NCC1CCCOC1C(C)(C)C. The van der Waals surface area contributed by atoms with Gasteiger partial charge in [0, 0.05) is 39.3 Å². The Morgan fingerprint density at radius 2 is 2.04 bits per heavy atom. The van der Waals surface area contributed by atoms with Crippen LogP contribution in [0.5, 0.6) is 0 Å². The van der Waals surface area contributed by atoms with E-state index >= 15 is 0 Å². The van der Waals surface area contributed by atoms with E-state index in [4.69, 9.17) is 9.47 Å². The molecular weight excluding hydrogens is 320 g/mol. The van der Waals surface area contributed by atoms with Crippen LogP contribution in [0.4, 0.5) is 0 Å². The van der Waals surface area contributed by atoms with Gasteiger partial charge in [0.2, 0.25) is 5.91 Å². The lowest BCUT2D eigenvalue weighted by molar-refractivity contribution is -0.119. The quantitative estimate of drug-likeness (QED) is 0.345. The van der Waals surface area contributed by atoms with E-state index in [2.05, 4.69) is 41.7 Å². The Morgan fingerprint density at radius 1 is 1.28 bits per heavy atom. The molecule has 1 amide bonds. The molecule has 1 aliphatic rings. The molecule has 1 rings (SSSR count). The second-order valence-electron chi connectivity index (χ2n) is 7.48. The van der Waals surface area contributed by atoms with E-state index < -0.39 is 0 Å². The predicted octanol–water partition coefficient (Wildman–Crippen LogP) is 1.15. The number of aliphatic imine (C=N–C) groups is 1. The van der Waals surface area contributed by atoms with Gasteiger partial charge in [-0.2, -0.15) is 0 Å². The highest BCUT2D eigenvalue weighted by Crippen LogP contribution is 2.33. The summed E-state index contributed by atoms with van der Waals surface area (Å²) in [4.78, 5) is 16.1. The molecule has 2 unspecified atom stereocenters. The predicted molar refractivity (Wildman–Crippen MR) is 101 cm³/mol. The van der Waals surface area contributed by atoms with Crippen LogP contribution in [0.1, 0.15) is 40.5 Å². The number of nitrogens with one attached hydrogen (secondary N) is 3. The summed E-state index contributed by atoms with van der Waals surface area (Å²) in [5.41, 5.74) is 0.115. The lowest BCUT2D eigenvalue weighted by Crippen LogP contribution is -2.47. The number of carbonyl (C=O) groups excluding carboxylic acids is 1. The van der Waals surface area contributed by atoms with Gasteiger partial charge in [-0.25, -0.2) is 4.99 Å². The van der Waals surface area contributed by atoms with Gasteiger partial charge in [0.25, 0.3) is 0 Å². The normalized spacial score (nSPS) is 21.7. The van der Waals surface area contributed by atoms with E-state index in [1.54, 1.807) is 7.11 Å². The van der Waals surface area contributed by atoms with Gasteiger partial charge < -0.3 is 25.4 Å². The number of hydrogen-bond acceptors (Lipinski definition) is 4. The minimum atomic E-state index is -0.108. The van der Waals surface area contributed by atoms with Crippen molar-refractivity contribution in [2.75, 3.05) is 46.5 Å². The smallest absolute Gasteiger partial charge is 0.241 e. The van der Waals surface area contributed by atoms with E-state index in [1.165, 1.54) is 0 Å². The number of carbonyl (C=O) groups is 1. The summed E-state index contributed by atoms with van der Waals surface area (Å²) in [7, 11) is 1.61. The van der Waals surface area contributed by atoms with E-state index in [0.717, 1.165) is 32.5 Å². The molecule has 2 atom stereocenters.